The van der Waals surface area contributed by atoms with Gasteiger partial charge in [0.25, 0.3) is 0 Å². The van der Waals surface area contributed by atoms with E-state index in [1.807, 2.05) is 0 Å². The second kappa shape index (κ2) is 55.3. The average Bonchev–Trinajstić information content (AvgIpc) is 3.16. The number of carbonyl (C=O) groups is 1. The van der Waals surface area contributed by atoms with Gasteiger partial charge in [-0.15, -0.1) is 0 Å². The van der Waals surface area contributed by atoms with Crippen LogP contribution in [-0.4, -0.2) is 195 Å². The molecule has 314 valence electrons. The Morgan fingerprint density at radius 1 is 0.431 bits per heavy atom. The van der Waals surface area contributed by atoms with Gasteiger partial charge in [0.05, 0.1) is 72.2 Å². The van der Waals surface area contributed by atoms with Gasteiger partial charge in [-0.05, 0) is 32.1 Å². The molecule has 0 unspecified atom stereocenters. The van der Waals surface area contributed by atoms with Gasteiger partial charge in [-0.25, -0.2) is 0 Å². The van der Waals surface area contributed by atoms with E-state index in [0.29, 0.717) is 6.42 Å². The van der Waals surface area contributed by atoms with Crippen LogP contribution in [0.2, 0.25) is 0 Å². The minimum Gasteiger partial charge on any atom is -0.481 e. The molecule has 0 aromatic carbocycles. The van der Waals surface area contributed by atoms with Gasteiger partial charge in [0.2, 0.25) is 0 Å². The third-order valence-corrected chi connectivity index (χ3v) is 5.83. The lowest BCUT2D eigenvalue weighted by Gasteiger charge is -2.07. The number of hydrogen-bond acceptors (Lipinski definition) is 17. The van der Waals surface area contributed by atoms with E-state index < -0.39 is 36.5 Å². The van der Waals surface area contributed by atoms with Crippen molar-refractivity contribution in [3.8, 4) is 0 Å². The molecule has 0 aromatic rings. The van der Waals surface area contributed by atoms with Crippen LogP contribution in [-0.2, 0) is 4.79 Å². The van der Waals surface area contributed by atoms with Gasteiger partial charge in [0.1, 0.15) is 30.5 Å². The molecule has 0 bridgehead atoms. The van der Waals surface area contributed by atoms with Gasteiger partial charge in [-0.3, -0.25) is 4.79 Å². The van der Waals surface area contributed by atoms with Gasteiger partial charge in [0.15, 0.2) is 0 Å². The van der Waals surface area contributed by atoms with E-state index in [0.717, 1.165) is 51.4 Å². The van der Waals surface area contributed by atoms with E-state index in [2.05, 4.69) is 19.1 Å². The molecule has 0 fully saturated rings. The second-order valence-electron chi connectivity index (χ2n) is 11.0. The lowest BCUT2D eigenvalue weighted by molar-refractivity contribution is -0.137. The number of carboxylic acid groups (broad SMARTS) is 1. The van der Waals surface area contributed by atoms with Gasteiger partial charge in [-0.2, -0.15) is 0 Å². The molecule has 0 aliphatic carbocycles. The molecular formula is C33H74O18. The first kappa shape index (κ1) is 61.6. The van der Waals surface area contributed by atoms with E-state index in [1.54, 1.807) is 0 Å². The third kappa shape index (κ3) is 74.6. The zero-order chi connectivity index (χ0) is 40.7. The molecule has 0 heterocycles. The number of hydrogen-bond donors (Lipinski definition) is 17. The minimum absolute atomic E-state index is 0.172. The molecule has 0 saturated heterocycles. The summed E-state index contributed by atoms with van der Waals surface area (Å²) in [7, 11) is 0. The van der Waals surface area contributed by atoms with Crippen molar-refractivity contribution < 1.29 is 91.6 Å². The highest BCUT2D eigenvalue weighted by Gasteiger charge is 2.01. The van der Waals surface area contributed by atoms with Crippen LogP contribution in [0.1, 0.15) is 90.4 Å². The summed E-state index contributed by atoms with van der Waals surface area (Å²) in [5.41, 5.74) is 0. The third-order valence-electron chi connectivity index (χ3n) is 5.83. The van der Waals surface area contributed by atoms with Crippen LogP contribution in [0.5, 0.6) is 0 Å². The molecule has 18 heteroatoms. The molecule has 0 aromatic heterocycles. The Morgan fingerprint density at radius 2 is 0.745 bits per heavy atom. The fourth-order valence-corrected chi connectivity index (χ4v) is 2.65. The van der Waals surface area contributed by atoms with Crippen LogP contribution in [0, 0.1) is 0 Å². The Balaban J connectivity index is -0.000000137. The average molecular weight is 759 g/mol. The Labute approximate surface area is 302 Å². The van der Waals surface area contributed by atoms with Gasteiger partial charge in [0, 0.05) is 6.42 Å². The summed E-state index contributed by atoms with van der Waals surface area (Å²) < 4.78 is 0. The highest BCUT2D eigenvalue weighted by molar-refractivity contribution is 5.66. The zero-order valence-corrected chi connectivity index (χ0v) is 30.4. The highest BCUT2D eigenvalue weighted by atomic mass is 16.4. The molecule has 18 nitrogen and oxygen atoms in total. The molecule has 0 rings (SSSR count). The molecule has 0 amide bonds. The molecule has 0 aliphatic heterocycles. The topological polar surface area (TPSA) is 361 Å². The van der Waals surface area contributed by atoms with Crippen molar-refractivity contribution in [3.63, 3.8) is 0 Å². The van der Waals surface area contributed by atoms with Crippen LogP contribution < -0.4 is 0 Å². The quantitative estimate of drug-likeness (QED) is 0.0321. The summed E-state index contributed by atoms with van der Waals surface area (Å²) in [6.45, 7) is -1.45. The number of rotatable bonds is 25. The molecule has 0 aliphatic rings. The van der Waals surface area contributed by atoms with Crippen LogP contribution in [0.3, 0.4) is 0 Å². The summed E-state index contributed by atoms with van der Waals surface area (Å²) in [6, 6.07) is 0. The first-order chi connectivity index (χ1) is 24.2. The van der Waals surface area contributed by atoms with Crippen molar-refractivity contribution in [2.75, 3.05) is 66.1 Å². The van der Waals surface area contributed by atoms with Crippen LogP contribution in [0.4, 0.5) is 0 Å². The number of aliphatic hydroxyl groups is 16. The molecule has 51 heavy (non-hydrogen) atoms. The predicted octanol–water partition coefficient (Wildman–Crippen LogP) is -3.26. The Bertz CT molecular complexity index is 555. The van der Waals surface area contributed by atoms with Gasteiger partial charge in [-0.1, -0.05) is 64.0 Å². The maximum absolute atomic E-state index is 10.3. The van der Waals surface area contributed by atoms with E-state index in [4.69, 9.17) is 81.7 Å². The second-order valence-corrected chi connectivity index (χ2v) is 11.0. The largest absolute Gasteiger partial charge is 0.481 e. The van der Waals surface area contributed by atoms with Crippen LogP contribution >= 0.6 is 0 Å². The van der Waals surface area contributed by atoms with Gasteiger partial charge < -0.3 is 86.8 Å². The molecule has 17 N–H and O–H groups in total. The SMILES string of the molecule is CCCCCC[C@@H](O)C/C=C\CCCCCCCC(=O)O.OCC(O)CO.OCC(O)CO.OCC(O)CO.OCC(O)CO.OCC(O)CO. The lowest BCUT2D eigenvalue weighted by Crippen LogP contribution is -2.15. The summed E-state index contributed by atoms with van der Waals surface area (Å²) in [5.74, 6) is -0.689. The standard InChI is InChI=1S/C18H34O3.5C3H8O3/c1-2-3-4-11-14-17(19)15-12-9-7-5-6-8-10-13-16-18(20)21;5*4-1-3(6)2-5/h9,12,17,19H,2-8,10-11,13-16H2,1H3,(H,20,21);5*3-6H,1-2H2/b12-9-;;;;;/t17-;;;;;/m1...../s1. The van der Waals surface area contributed by atoms with Crippen molar-refractivity contribution in [1.29, 1.82) is 0 Å². The van der Waals surface area contributed by atoms with E-state index in [-0.39, 0.29) is 72.2 Å². The maximum atomic E-state index is 10.3. The normalized spacial score (nSPS) is 11.2. The molecule has 0 spiro atoms. The molecule has 1 atom stereocenters. The predicted molar refractivity (Wildman–Crippen MR) is 189 cm³/mol. The first-order valence-electron chi connectivity index (χ1n) is 17.2. The Kier molecular flexibility index (Phi) is 66.8. The first-order valence-corrected chi connectivity index (χ1v) is 17.2. The smallest absolute Gasteiger partial charge is 0.303 e. The molecular weight excluding hydrogens is 684 g/mol. The highest BCUT2D eigenvalue weighted by Crippen LogP contribution is 2.10. The van der Waals surface area contributed by atoms with E-state index >= 15 is 0 Å². The number of aliphatic carboxylic acids is 1. The number of allylic oxidation sites excluding steroid dienone is 1. The van der Waals surface area contributed by atoms with Crippen molar-refractivity contribution in [2.45, 2.75) is 127 Å². The Morgan fingerprint density at radius 3 is 1.04 bits per heavy atom. The number of unbranched alkanes of at least 4 members (excludes halogenated alkanes) is 8. The van der Waals surface area contributed by atoms with Crippen molar-refractivity contribution >= 4 is 5.97 Å². The number of carboxylic acids is 1. The van der Waals surface area contributed by atoms with Crippen molar-refractivity contribution in [3.05, 3.63) is 12.2 Å². The summed E-state index contributed by atoms with van der Waals surface area (Å²) >= 11 is 0. The lowest BCUT2D eigenvalue weighted by atomic mass is 10.1. The minimum atomic E-state index is -0.954. The molecule has 0 saturated carbocycles. The van der Waals surface area contributed by atoms with Crippen LogP contribution in [0.25, 0.3) is 0 Å². The van der Waals surface area contributed by atoms with Crippen molar-refractivity contribution in [1.82, 2.24) is 0 Å². The summed E-state index contributed by atoms with van der Waals surface area (Å²) in [6.07, 6.45) is 12.6. The van der Waals surface area contributed by atoms with Crippen LogP contribution in [0.15, 0.2) is 12.2 Å². The van der Waals surface area contributed by atoms with Crippen molar-refractivity contribution in [2.24, 2.45) is 0 Å². The number of aliphatic hydroxyl groups excluding tert-OH is 16. The summed E-state index contributed by atoms with van der Waals surface area (Å²) in [5, 5.41) is 138. The maximum Gasteiger partial charge on any atom is 0.303 e. The van der Waals surface area contributed by atoms with Gasteiger partial charge >= 0.3 is 5.97 Å². The van der Waals surface area contributed by atoms with E-state index in [9.17, 15) is 9.90 Å². The Hall–Kier alpha value is -1.43. The zero-order valence-electron chi connectivity index (χ0n) is 30.4. The fraction of sp³-hybridized carbons (Fsp3) is 0.909. The monoisotopic (exact) mass is 758 g/mol. The van der Waals surface area contributed by atoms with E-state index in [1.165, 1.54) is 25.7 Å². The fourth-order valence-electron chi connectivity index (χ4n) is 2.65. The molecule has 0 radical (unpaired) electrons. The summed E-state index contributed by atoms with van der Waals surface area (Å²) in [4.78, 5) is 10.3.